The highest BCUT2D eigenvalue weighted by atomic mass is 35.5. The van der Waals surface area contributed by atoms with Gasteiger partial charge in [0.1, 0.15) is 11.6 Å². The second kappa shape index (κ2) is 9.09. The van der Waals surface area contributed by atoms with E-state index in [1.807, 2.05) is 13.8 Å². The number of amides is 1. The molecule has 1 fully saturated rings. The number of aryl methyl sites for hydroxylation is 2. The maximum atomic E-state index is 12.9. The first kappa shape index (κ1) is 23.2. The number of benzene rings is 1. The third-order valence-corrected chi connectivity index (χ3v) is 8.07. The molecule has 4 rings (SSSR count). The van der Waals surface area contributed by atoms with E-state index in [0.717, 1.165) is 17.0 Å². The molecule has 0 bridgehead atoms. The van der Waals surface area contributed by atoms with E-state index in [-0.39, 0.29) is 30.3 Å². The Morgan fingerprint density at radius 2 is 1.94 bits per heavy atom. The van der Waals surface area contributed by atoms with E-state index in [0.29, 0.717) is 35.7 Å². The summed E-state index contributed by atoms with van der Waals surface area (Å²) in [6.07, 6.45) is 2.26. The lowest BCUT2D eigenvalue weighted by Crippen LogP contribution is -2.50. The van der Waals surface area contributed by atoms with E-state index >= 15 is 0 Å². The molecule has 0 radical (unpaired) electrons. The third-order valence-electron chi connectivity index (χ3n) is 5.94. The first-order valence-electron chi connectivity index (χ1n) is 10.5. The van der Waals surface area contributed by atoms with Gasteiger partial charge in [-0.25, -0.2) is 17.9 Å². The van der Waals surface area contributed by atoms with Crippen LogP contribution in [0.5, 0.6) is 0 Å². The van der Waals surface area contributed by atoms with E-state index in [2.05, 4.69) is 16.2 Å². The fourth-order valence-corrected chi connectivity index (χ4v) is 5.82. The van der Waals surface area contributed by atoms with Crippen LogP contribution in [0.1, 0.15) is 28.9 Å². The first-order valence-corrected chi connectivity index (χ1v) is 12.3. The number of halogens is 1. The number of rotatable bonds is 5. The van der Waals surface area contributed by atoms with Crippen molar-refractivity contribution >= 4 is 33.2 Å². The van der Waals surface area contributed by atoms with Crippen LogP contribution in [-0.4, -0.2) is 64.3 Å². The molecular formula is C22H23ClN6O3S. The maximum absolute atomic E-state index is 12.9. The highest BCUT2D eigenvalue weighted by Gasteiger charge is 2.30. The van der Waals surface area contributed by atoms with Crippen molar-refractivity contribution in [1.29, 1.82) is 5.26 Å². The zero-order valence-electron chi connectivity index (χ0n) is 18.3. The summed E-state index contributed by atoms with van der Waals surface area (Å²) in [7, 11) is -3.65. The third kappa shape index (κ3) is 4.44. The van der Waals surface area contributed by atoms with Crippen LogP contribution < -0.4 is 0 Å². The number of hydrogen-bond acceptors (Lipinski definition) is 6. The van der Waals surface area contributed by atoms with Crippen molar-refractivity contribution in [3.05, 3.63) is 58.0 Å². The van der Waals surface area contributed by atoms with Crippen LogP contribution in [-0.2, 0) is 21.2 Å². The van der Waals surface area contributed by atoms with Gasteiger partial charge >= 0.3 is 0 Å². The number of nitrogens with zero attached hydrogens (tertiary/aromatic N) is 6. The van der Waals surface area contributed by atoms with Crippen molar-refractivity contribution in [2.45, 2.75) is 31.6 Å². The molecule has 0 unspecified atom stereocenters. The van der Waals surface area contributed by atoms with Crippen LogP contribution >= 0.6 is 11.6 Å². The minimum atomic E-state index is -3.65. The summed E-state index contributed by atoms with van der Waals surface area (Å²) in [5.74, 6) is -0.0353. The zero-order chi connectivity index (χ0) is 23.8. The van der Waals surface area contributed by atoms with Crippen molar-refractivity contribution in [3.8, 4) is 6.07 Å². The maximum Gasteiger partial charge on any atom is 0.243 e. The summed E-state index contributed by atoms with van der Waals surface area (Å²) in [6.45, 7) is 4.89. The predicted octanol–water partition coefficient (Wildman–Crippen LogP) is 2.34. The van der Waals surface area contributed by atoms with Crippen LogP contribution in [0.15, 0.2) is 35.4 Å². The standard InChI is InChI=1S/C22H23ClN6O3S/c1-15-20(16(2)29-22(26-15)17(13-24)14-25-29)6-7-21(30)27-8-10-28(11-9-27)33(31,32)19-5-3-4-18(23)12-19/h3-5,12,14H,6-11H2,1-2H3. The Morgan fingerprint density at radius 1 is 1.21 bits per heavy atom. The van der Waals surface area contributed by atoms with Gasteiger partial charge in [0, 0.05) is 49.0 Å². The molecule has 11 heteroatoms. The summed E-state index contributed by atoms with van der Waals surface area (Å²) < 4.78 is 28.7. The number of carbonyl (C=O) groups is 1. The van der Waals surface area contributed by atoms with Crippen LogP contribution in [0.2, 0.25) is 5.02 Å². The predicted molar refractivity (Wildman–Crippen MR) is 122 cm³/mol. The van der Waals surface area contributed by atoms with Crippen molar-refractivity contribution in [3.63, 3.8) is 0 Å². The Balaban J connectivity index is 1.40. The number of piperazine rings is 1. The van der Waals surface area contributed by atoms with Gasteiger partial charge in [-0.2, -0.15) is 14.7 Å². The van der Waals surface area contributed by atoms with Gasteiger partial charge in [0.25, 0.3) is 0 Å². The SMILES string of the molecule is Cc1nc2c(C#N)cnn2c(C)c1CCC(=O)N1CCN(S(=O)(=O)c2cccc(Cl)c2)CC1. The number of sulfonamides is 1. The zero-order valence-corrected chi connectivity index (χ0v) is 19.9. The molecule has 1 aliphatic heterocycles. The summed E-state index contributed by atoms with van der Waals surface area (Å²) in [4.78, 5) is 19.2. The molecule has 0 N–H and O–H groups in total. The lowest BCUT2D eigenvalue weighted by molar-refractivity contribution is -0.132. The van der Waals surface area contributed by atoms with Gasteiger partial charge in [0.2, 0.25) is 15.9 Å². The fraction of sp³-hybridized carbons (Fsp3) is 0.364. The molecule has 0 saturated carbocycles. The summed E-state index contributed by atoms with van der Waals surface area (Å²) >= 11 is 5.94. The average Bonchev–Trinajstić information content (AvgIpc) is 3.21. The van der Waals surface area contributed by atoms with Gasteiger partial charge in [-0.1, -0.05) is 17.7 Å². The fourth-order valence-electron chi connectivity index (χ4n) is 4.10. The number of carbonyl (C=O) groups excluding carboxylic acids is 1. The second-order valence-corrected chi connectivity index (χ2v) is 10.3. The number of nitriles is 1. The Morgan fingerprint density at radius 3 is 2.61 bits per heavy atom. The van der Waals surface area contributed by atoms with Gasteiger partial charge in [-0.15, -0.1) is 0 Å². The monoisotopic (exact) mass is 486 g/mol. The normalized spacial score (nSPS) is 15.0. The highest BCUT2D eigenvalue weighted by molar-refractivity contribution is 7.89. The average molecular weight is 487 g/mol. The van der Waals surface area contributed by atoms with Gasteiger partial charge < -0.3 is 4.90 Å². The first-order chi connectivity index (χ1) is 15.7. The minimum absolute atomic E-state index is 0.0353. The molecule has 9 nitrogen and oxygen atoms in total. The quantitative estimate of drug-likeness (QED) is 0.547. The molecule has 0 spiro atoms. The molecule has 1 aliphatic rings. The van der Waals surface area contributed by atoms with E-state index in [1.165, 1.54) is 22.6 Å². The number of aromatic nitrogens is 3. The number of fused-ring (bicyclic) bond motifs is 1. The van der Waals surface area contributed by atoms with Crippen molar-refractivity contribution in [1.82, 2.24) is 23.8 Å². The van der Waals surface area contributed by atoms with Gasteiger partial charge in [0.05, 0.1) is 11.1 Å². The number of hydrogen-bond donors (Lipinski definition) is 0. The Kier molecular flexibility index (Phi) is 6.38. The van der Waals surface area contributed by atoms with Crippen LogP contribution in [0.3, 0.4) is 0 Å². The van der Waals surface area contributed by atoms with Gasteiger partial charge in [-0.05, 0) is 44.0 Å². The van der Waals surface area contributed by atoms with Crippen molar-refractivity contribution in [2.75, 3.05) is 26.2 Å². The molecule has 0 aliphatic carbocycles. The highest BCUT2D eigenvalue weighted by Crippen LogP contribution is 2.22. The van der Waals surface area contributed by atoms with Gasteiger partial charge in [0.15, 0.2) is 5.65 Å². The van der Waals surface area contributed by atoms with E-state index in [1.54, 1.807) is 21.5 Å². The Bertz CT molecular complexity index is 1370. The summed E-state index contributed by atoms with van der Waals surface area (Å²) in [5.41, 5.74) is 3.46. The van der Waals surface area contributed by atoms with Crippen molar-refractivity contribution < 1.29 is 13.2 Å². The van der Waals surface area contributed by atoms with E-state index in [9.17, 15) is 18.5 Å². The molecule has 3 aromatic rings. The van der Waals surface area contributed by atoms with Gasteiger partial charge in [-0.3, -0.25) is 4.79 Å². The summed E-state index contributed by atoms with van der Waals surface area (Å²) in [6, 6.07) is 8.27. The Hall–Kier alpha value is -3.00. The molecular weight excluding hydrogens is 464 g/mol. The molecule has 3 heterocycles. The van der Waals surface area contributed by atoms with Crippen LogP contribution in [0, 0.1) is 25.2 Å². The molecule has 0 atom stereocenters. The molecule has 2 aromatic heterocycles. The smallest absolute Gasteiger partial charge is 0.243 e. The summed E-state index contributed by atoms with van der Waals surface area (Å²) in [5, 5.41) is 13.8. The minimum Gasteiger partial charge on any atom is -0.340 e. The van der Waals surface area contributed by atoms with Crippen molar-refractivity contribution in [2.24, 2.45) is 0 Å². The van der Waals surface area contributed by atoms with Crippen LogP contribution in [0.25, 0.3) is 5.65 Å². The molecule has 1 saturated heterocycles. The Labute approximate surface area is 197 Å². The molecule has 1 amide bonds. The second-order valence-electron chi connectivity index (χ2n) is 7.91. The van der Waals surface area contributed by atoms with E-state index in [4.69, 9.17) is 11.6 Å². The largest absolute Gasteiger partial charge is 0.340 e. The molecule has 33 heavy (non-hydrogen) atoms. The van der Waals surface area contributed by atoms with E-state index < -0.39 is 10.0 Å². The topological polar surface area (TPSA) is 112 Å². The lowest BCUT2D eigenvalue weighted by atomic mass is 10.1. The molecule has 172 valence electrons. The lowest BCUT2D eigenvalue weighted by Gasteiger charge is -2.34. The molecule has 1 aromatic carbocycles. The van der Waals surface area contributed by atoms with Crippen LogP contribution in [0.4, 0.5) is 0 Å².